The van der Waals surface area contributed by atoms with Gasteiger partial charge in [0.05, 0.1) is 13.2 Å². The highest BCUT2D eigenvalue weighted by molar-refractivity contribution is 7.80. The molecule has 1 aromatic carbocycles. The van der Waals surface area contributed by atoms with Crippen molar-refractivity contribution >= 4 is 17.2 Å². The predicted molar refractivity (Wildman–Crippen MR) is 71.7 cm³/mol. The summed E-state index contributed by atoms with van der Waals surface area (Å²) in [6.45, 7) is 1.66. The Morgan fingerprint density at radius 2 is 2.47 bits per heavy atom. The van der Waals surface area contributed by atoms with E-state index < -0.39 is 0 Å². The van der Waals surface area contributed by atoms with Gasteiger partial charge in [0, 0.05) is 18.7 Å². The first-order valence-corrected chi connectivity index (χ1v) is 6.24. The number of hydrogen-bond donors (Lipinski definition) is 1. The van der Waals surface area contributed by atoms with Crippen molar-refractivity contribution in [1.82, 2.24) is 5.32 Å². The van der Waals surface area contributed by atoms with E-state index in [0.29, 0.717) is 6.10 Å². The van der Waals surface area contributed by atoms with Crippen molar-refractivity contribution < 1.29 is 9.47 Å². The molecule has 1 aliphatic rings. The third-order valence-corrected chi connectivity index (χ3v) is 3.23. The number of thiocarbonyl (C=S) groups is 1. The molecule has 2 rings (SSSR count). The first-order valence-electron chi connectivity index (χ1n) is 5.83. The van der Waals surface area contributed by atoms with Crippen LogP contribution in [0.4, 0.5) is 0 Å². The van der Waals surface area contributed by atoms with E-state index in [1.165, 1.54) is 0 Å². The smallest absolute Gasteiger partial charge is 0.119 e. The first kappa shape index (κ1) is 12.3. The molecule has 1 aliphatic heterocycles. The molecule has 0 radical (unpaired) electrons. The lowest BCUT2D eigenvalue weighted by atomic mass is 10.2. The van der Waals surface area contributed by atoms with Gasteiger partial charge >= 0.3 is 0 Å². The van der Waals surface area contributed by atoms with E-state index in [0.717, 1.165) is 42.3 Å². The standard InChI is InChI=1S/C13H17NO2S/c1-15-11-5-2-4-10(8-11)13(17)14-9-12-6-3-7-16-12/h2,4-5,8,12H,3,6-7,9H2,1H3,(H,14,17)/t12-/m0/s1. The Labute approximate surface area is 107 Å². The first-order chi connectivity index (χ1) is 8.29. The molecule has 1 aromatic rings. The van der Waals surface area contributed by atoms with Crippen LogP contribution in [0.3, 0.4) is 0 Å². The lowest BCUT2D eigenvalue weighted by Crippen LogP contribution is -2.31. The Hall–Kier alpha value is -1.13. The number of methoxy groups -OCH3 is 1. The molecule has 3 nitrogen and oxygen atoms in total. The summed E-state index contributed by atoms with van der Waals surface area (Å²) in [4.78, 5) is 0.749. The van der Waals surface area contributed by atoms with Crippen LogP contribution in [-0.2, 0) is 4.74 Å². The average Bonchev–Trinajstić information content (AvgIpc) is 2.89. The number of nitrogens with one attached hydrogen (secondary N) is 1. The van der Waals surface area contributed by atoms with Gasteiger partial charge in [-0.3, -0.25) is 0 Å². The van der Waals surface area contributed by atoms with Gasteiger partial charge in [0.25, 0.3) is 0 Å². The minimum absolute atomic E-state index is 0.304. The molecule has 1 saturated heterocycles. The van der Waals surface area contributed by atoms with Crippen LogP contribution in [-0.4, -0.2) is 31.4 Å². The topological polar surface area (TPSA) is 30.5 Å². The highest BCUT2D eigenvalue weighted by atomic mass is 32.1. The van der Waals surface area contributed by atoms with Crippen molar-refractivity contribution in [3.05, 3.63) is 29.8 Å². The van der Waals surface area contributed by atoms with Crippen LogP contribution in [0.1, 0.15) is 18.4 Å². The maximum absolute atomic E-state index is 5.54. The Balaban J connectivity index is 1.89. The molecule has 92 valence electrons. The molecule has 0 spiro atoms. The molecule has 0 saturated carbocycles. The highest BCUT2D eigenvalue weighted by Crippen LogP contribution is 2.14. The van der Waals surface area contributed by atoms with E-state index in [1.807, 2.05) is 24.3 Å². The van der Waals surface area contributed by atoms with Gasteiger partial charge < -0.3 is 14.8 Å². The molecule has 1 atom stereocenters. The molecule has 1 fully saturated rings. The zero-order chi connectivity index (χ0) is 12.1. The number of hydrogen-bond acceptors (Lipinski definition) is 3. The second-order valence-corrected chi connectivity index (χ2v) is 4.49. The fourth-order valence-corrected chi connectivity index (χ4v) is 2.09. The van der Waals surface area contributed by atoms with Crippen molar-refractivity contribution in [2.45, 2.75) is 18.9 Å². The van der Waals surface area contributed by atoms with Crippen LogP contribution in [0.5, 0.6) is 5.75 Å². The van der Waals surface area contributed by atoms with Crippen molar-refractivity contribution in [2.75, 3.05) is 20.3 Å². The maximum atomic E-state index is 5.54. The van der Waals surface area contributed by atoms with Crippen LogP contribution < -0.4 is 10.1 Å². The fourth-order valence-electron chi connectivity index (χ4n) is 1.88. The van der Waals surface area contributed by atoms with Crippen molar-refractivity contribution in [1.29, 1.82) is 0 Å². The summed E-state index contributed by atoms with van der Waals surface area (Å²) in [5, 5.41) is 3.24. The van der Waals surface area contributed by atoms with Crippen molar-refractivity contribution in [2.24, 2.45) is 0 Å². The van der Waals surface area contributed by atoms with E-state index in [-0.39, 0.29) is 0 Å². The fraction of sp³-hybridized carbons (Fsp3) is 0.462. The number of benzene rings is 1. The van der Waals surface area contributed by atoms with Gasteiger partial charge in [-0.2, -0.15) is 0 Å². The molecule has 0 unspecified atom stereocenters. The van der Waals surface area contributed by atoms with Crippen LogP contribution in [0, 0.1) is 0 Å². The molecule has 4 heteroatoms. The van der Waals surface area contributed by atoms with Crippen molar-refractivity contribution in [3.63, 3.8) is 0 Å². The van der Waals surface area contributed by atoms with E-state index >= 15 is 0 Å². The van der Waals surface area contributed by atoms with Gasteiger partial charge in [0.15, 0.2) is 0 Å². The minimum atomic E-state index is 0.304. The summed E-state index contributed by atoms with van der Waals surface area (Å²) in [7, 11) is 1.65. The molecule has 0 amide bonds. The maximum Gasteiger partial charge on any atom is 0.119 e. The summed E-state index contributed by atoms with van der Waals surface area (Å²) in [5.41, 5.74) is 0.984. The van der Waals surface area contributed by atoms with Crippen LogP contribution >= 0.6 is 12.2 Å². The largest absolute Gasteiger partial charge is 0.497 e. The minimum Gasteiger partial charge on any atom is -0.497 e. The number of rotatable bonds is 4. The van der Waals surface area contributed by atoms with E-state index in [9.17, 15) is 0 Å². The normalized spacial score (nSPS) is 19.0. The Kier molecular flexibility index (Phi) is 4.34. The molecule has 0 bridgehead atoms. The quantitative estimate of drug-likeness (QED) is 0.831. The lowest BCUT2D eigenvalue weighted by Gasteiger charge is -2.13. The van der Waals surface area contributed by atoms with Crippen LogP contribution in [0.25, 0.3) is 0 Å². The van der Waals surface area contributed by atoms with Gasteiger partial charge in [0.1, 0.15) is 10.7 Å². The van der Waals surface area contributed by atoms with Gasteiger partial charge in [0.2, 0.25) is 0 Å². The van der Waals surface area contributed by atoms with E-state index in [1.54, 1.807) is 7.11 Å². The molecule has 1 heterocycles. The lowest BCUT2D eigenvalue weighted by molar-refractivity contribution is 0.114. The third-order valence-electron chi connectivity index (χ3n) is 2.85. The summed E-state index contributed by atoms with van der Waals surface area (Å²) in [6, 6.07) is 7.76. The molecule has 1 N–H and O–H groups in total. The highest BCUT2D eigenvalue weighted by Gasteiger charge is 2.15. The third kappa shape index (κ3) is 3.41. The van der Waals surface area contributed by atoms with Crippen molar-refractivity contribution in [3.8, 4) is 5.75 Å². The summed E-state index contributed by atoms with van der Waals surface area (Å²) >= 11 is 5.34. The van der Waals surface area contributed by atoms with Crippen LogP contribution in [0.2, 0.25) is 0 Å². The van der Waals surface area contributed by atoms with Gasteiger partial charge in [-0.15, -0.1) is 0 Å². The molecular formula is C13H17NO2S. The zero-order valence-corrected chi connectivity index (χ0v) is 10.8. The Morgan fingerprint density at radius 3 is 3.18 bits per heavy atom. The SMILES string of the molecule is COc1cccc(C(=S)NC[C@@H]2CCCO2)c1. The molecule has 17 heavy (non-hydrogen) atoms. The number of ether oxygens (including phenoxy) is 2. The van der Waals surface area contributed by atoms with E-state index in [2.05, 4.69) is 5.32 Å². The average molecular weight is 251 g/mol. The Bertz CT molecular complexity index is 389. The van der Waals surface area contributed by atoms with Crippen LogP contribution in [0.15, 0.2) is 24.3 Å². The summed E-state index contributed by atoms with van der Waals surface area (Å²) in [5.74, 6) is 0.823. The van der Waals surface area contributed by atoms with Gasteiger partial charge in [-0.1, -0.05) is 24.4 Å². The summed E-state index contributed by atoms with van der Waals surface area (Å²) < 4.78 is 10.7. The Morgan fingerprint density at radius 1 is 1.59 bits per heavy atom. The summed E-state index contributed by atoms with van der Waals surface area (Å²) in [6.07, 6.45) is 2.57. The van der Waals surface area contributed by atoms with E-state index in [4.69, 9.17) is 21.7 Å². The second kappa shape index (κ2) is 5.98. The molecule has 0 aromatic heterocycles. The molecular weight excluding hydrogens is 234 g/mol. The zero-order valence-electron chi connectivity index (χ0n) is 9.94. The second-order valence-electron chi connectivity index (χ2n) is 4.08. The monoisotopic (exact) mass is 251 g/mol. The van der Waals surface area contributed by atoms with Gasteiger partial charge in [-0.05, 0) is 25.0 Å². The predicted octanol–water partition coefficient (Wildman–Crippen LogP) is 2.14. The molecule has 0 aliphatic carbocycles. The van der Waals surface area contributed by atoms with Gasteiger partial charge in [-0.25, -0.2) is 0 Å².